The predicted octanol–water partition coefficient (Wildman–Crippen LogP) is 1.91. The van der Waals surface area contributed by atoms with Crippen LogP contribution < -0.4 is 9.47 Å². The second-order valence-corrected chi connectivity index (χ2v) is 2.59. The van der Waals surface area contributed by atoms with Crippen molar-refractivity contribution in [3.05, 3.63) is 23.8 Å². The number of ketones is 1. The number of methoxy groups -OCH3 is 2. The fraction of sp³-hybridized carbons (Fsp3) is 0.300. The van der Waals surface area contributed by atoms with Crippen molar-refractivity contribution in [3.63, 3.8) is 0 Å². The lowest BCUT2D eigenvalue weighted by Crippen LogP contribution is -2.00. The van der Waals surface area contributed by atoms with E-state index in [1.165, 1.54) is 21.1 Å². The lowest BCUT2D eigenvalue weighted by molar-refractivity contribution is 0.101. The van der Waals surface area contributed by atoms with Crippen LogP contribution in [0.3, 0.4) is 0 Å². The zero-order valence-electron chi connectivity index (χ0n) is 7.96. The van der Waals surface area contributed by atoms with Crippen LogP contribution in [-0.4, -0.2) is 20.0 Å². The minimum Gasteiger partial charge on any atom is -0.496 e. The number of rotatable bonds is 3. The highest BCUT2D eigenvalue weighted by Gasteiger charge is 2.13. The van der Waals surface area contributed by atoms with E-state index in [0.717, 1.165) is 0 Å². The van der Waals surface area contributed by atoms with Crippen molar-refractivity contribution < 1.29 is 14.3 Å². The van der Waals surface area contributed by atoms with E-state index in [1.807, 2.05) is 0 Å². The first-order chi connectivity index (χ1) is 6.20. The lowest BCUT2D eigenvalue weighted by atomic mass is 10.2. The van der Waals surface area contributed by atoms with Crippen LogP contribution >= 0.6 is 0 Å². The molecule has 70 valence electrons. The molecule has 0 saturated heterocycles. The minimum absolute atomic E-state index is 0.0608. The summed E-state index contributed by atoms with van der Waals surface area (Å²) in [5.41, 5.74) is 0.493. The maximum atomic E-state index is 11.2. The lowest BCUT2D eigenvalue weighted by Gasteiger charge is -2.09. The third-order valence-electron chi connectivity index (χ3n) is 1.78. The Morgan fingerprint density at radius 1 is 1.15 bits per heavy atom. The maximum Gasteiger partial charge on any atom is 0.167 e. The Hall–Kier alpha value is -1.51. The third-order valence-corrected chi connectivity index (χ3v) is 1.78. The van der Waals surface area contributed by atoms with Gasteiger partial charge in [-0.05, 0) is 19.1 Å². The van der Waals surface area contributed by atoms with Crippen LogP contribution in [0, 0.1) is 0 Å². The van der Waals surface area contributed by atoms with Crippen molar-refractivity contribution in [1.82, 2.24) is 0 Å². The van der Waals surface area contributed by atoms with Gasteiger partial charge in [-0.3, -0.25) is 4.79 Å². The summed E-state index contributed by atoms with van der Waals surface area (Å²) >= 11 is 0. The molecule has 0 aliphatic carbocycles. The van der Waals surface area contributed by atoms with E-state index in [4.69, 9.17) is 9.47 Å². The van der Waals surface area contributed by atoms with Crippen molar-refractivity contribution in [1.29, 1.82) is 0 Å². The highest BCUT2D eigenvalue weighted by Crippen LogP contribution is 2.28. The van der Waals surface area contributed by atoms with Gasteiger partial charge in [0.05, 0.1) is 14.2 Å². The number of ether oxygens (including phenoxy) is 2. The molecular weight excluding hydrogens is 170 g/mol. The van der Waals surface area contributed by atoms with E-state index in [2.05, 4.69) is 0 Å². The van der Waals surface area contributed by atoms with Gasteiger partial charge in [-0.2, -0.15) is 0 Å². The molecular formula is C10H12O3. The van der Waals surface area contributed by atoms with Crippen LogP contribution in [0.4, 0.5) is 0 Å². The van der Waals surface area contributed by atoms with Crippen molar-refractivity contribution in [2.24, 2.45) is 0 Å². The van der Waals surface area contributed by atoms with E-state index in [0.29, 0.717) is 17.1 Å². The van der Waals surface area contributed by atoms with Crippen molar-refractivity contribution in [3.8, 4) is 11.5 Å². The van der Waals surface area contributed by atoms with Gasteiger partial charge in [-0.15, -0.1) is 0 Å². The normalized spacial score (nSPS) is 9.46. The summed E-state index contributed by atoms with van der Waals surface area (Å²) in [4.78, 5) is 11.2. The van der Waals surface area contributed by atoms with Gasteiger partial charge in [0, 0.05) is 0 Å². The van der Waals surface area contributed by atoms with Gasteiger partial charge in [0.25, 0.3) is 0 Å². The van der Waals surface area contributed by atoms with Gasteiger partial charge in [-0.25, -0.2) is 0 Å². The Labute approximate surface area is 77.3 Å². The van der Waals surface area contributed by atoms with Gasteiger partial charge in [0.15, 0.2) is 5.78 Å². The molecule has 0 aliphatic heterocycles. The topological polar surface area (TPSA) is 35.5 Å². The van der Waals surface area contributed by atoms with Crippen LogP contribution in [0.25, 0.3) is 0 Å². The second-order valence-electron chi connectivity index (χ2n) is 2.59. The second kappa shape index (κ2) is 3.94. The highest BCUT2D eigenvalue weighted by molar-refractivity contribution is 5.99. The largest absolute Gasteiger partial charge is 0.496 e. The predicted molar refractivity (Wildman–Crippen MR) is 49.6 cm³/mol. The quantitative estimate of drug-likeness (QED) is 0.670. The third kappa shape index (κ3) is 1.80. The molecule has 1 aromatic rings. The molecule has 1 aromatic carbocycles. The van der Waals surface area contributed by atoms with Gasteiger partial charge in [-0.1, -0.05) is 6.07 Å². The Morgan fingerprint density at radius 3 is 1.92 bits per heavy atom. The number of Topliss-reactive ketones (excluding diaryl/α,β-unsaturated/α-hetero) is 1. The highest BCUT2D eigenvalue weighted by atomic mass is 16.5. The zero-order valence-corrected chi connectivity index (χ0v) is 7.96. The fourth-order valence-electron chi connectivity index (χ4n) is 1.20. The molecule has 1 rings (SSSR count). The summed E-state index contributed by atoms with van der Waals surface area (Å²) in [6, 6.07) is 5.25. The molecule has 0 spiro atoms. The molecule has 0 radical (unpaired) electrons. The van der Waals surface area contributed by atoms with Crippen LogP contribution in [-0.2, 0) is 0 Å². The van der Waals surface area contributed by atoms with Gasteiger partial charge in [0.1, 0.15) is 17.1 Å². The summed E-state index contributed by atoms with van der Waals surface area (Å²) in [6.07, 6.45) is 0. The average molecular weight is 182 g/mol. The first-order valence-electron chi connectivity index (χ1n) is 3.92. The Kier molecular flexibility index (Phi) is 2.90. The summed E-state index contributed by atoms with van der Waals surface area (Å²) in [6.45, 7) is 1.49. The molecule has 0 heterocycles. The van der Waals surface area contributed by atoms with E-state index in [-0.39, 0.29) is 5.78 Å². The molecule has 0 fully saturated rings. The molecule has 0 unspecified atom stereocenters. The fourth-order valence-corrected chi connectivity index (χ4v) is 1.20. The molecule has 0 amide bonds. The van der Waals surface area contributed by atoms with E-state index in [1.54, 1.807) is 18.2 Å². The first kappa shape index (κ1) is 9.58. The van der Waals surface area contributed by atoms with Crippen LogP contribution in [0.2, 0.25) is 0 Å². The van der Waals surface area contributed by atoms with Crippen LogP contribution in [0.5, 0.6) is 11.5 Å². The monoisotopic (exact) mass is 182 g/mol. The van der Waals surface area contributed by atoms with E-state index >= 15 is 0 Å². The van der Waals surface area contributed by atoms with Crippen molar-refractivity contribution in [2.45, 2.75) is 6.92 Å². The summed E-state index contributed by atoms with van der Waals surface area (Å²) in [7, 11) is 3.06. The number of hydrogen-bond donors (Lipinski definition) is 0. The summed E-state index contributed by atoms with van der Waals surface area (Å²) in [5, 5.41) is 0. The number of carbonyl (C=O) groups excluding carboxylic acids is 1. The van der Waals surface area contributed by atoms with Gasteiger partial charge < -0.3 is 9.47 Å². The Morgan fingerprint density at radius 2 is 1.62 bits per heavy atom. The first-order valence-corrected chi connectivity index (χ1v) is 3.92. The van der Waals surface area contributed by atoms with Crippen molar-refractivity contribution in [2.75, 3.05) is 14.2 Å². The number of carbonyl (C=O) groups is 1. The molecule has 0 atom stereocenters. The molecule has 0 bridgehead atoms. The minimum atomic E-state index is -0.0608. The zero-order chi connectivity index (χ0) is 9.84. The van der Waals surface area contributed by atoms with Gasteiger partial charge in [0.2, 0.25) is 0 Å². The molecule has 0 N–H and O–H groups in total. The molecule has 3 heteroatoms. The molecule has 0 aromatic heterocycles. The van der Waals surface area contributed by atoms with Crippen LogP contribution in [0.1, 0.15) is 17.3 Å². The number of hydrogen-bond acceptors (Lipinski definition) is 3. The van der Waals surface area contributed by atoms with E-state index < -0.39 is 0 Å². The van der Waals surface area contributed by atoms with Crippen molar-refractivity contribution >= 4 is 5.78 Å². The van der Waals surface area contributed by atoms with Gasteiger partial charge >= 0.3 is 0 Å². The molecule has 0 aliphatic rings. The average Bonchev–Trinajstić information content (AvgIpc) is 2.16. The van der Waals surface area contributed by atoms with Crippen LogP contribution in [0.15, 0.2) is 18.2 Å². The SMILES string of the molecule is COc1cccc(OC)c1[14C](C)=O. The summed E-state index contributed by atoms with van der Waals surface area (Å²) < 4.78 is 10.1. The number of benzene rings is 1. The standard InChI is InChI=1S/C10H12O3/c1-7(11)10-8(12-2)5-4-6-9(10)13-3/h4-6H,1-3H3/i7+2. The maximum absolute atomic E-state index is 11.2. The smallest absolute Gasteiger partial charge is 0.167 e. The molecule has 0 saturated carbocycles. The Bertz CT molecular complexity index is 296. The van der Waals surface area contributed by atoms with E-state index in [9.17, 15) is 4.79 Å². The molecule has 13 heavy (non-hydrogen) atoms. The summed E-state index contributed by atoms with van der Waals surface area (Å²) in [5.74, 6) is 1.04. The Balaban J connectivity index is 3.29. The molecule has 3 nitrogen and oxygen atoms in total.